The minimum atomic E-state index is -2.79. The summed E-state index contributed by atoms with van der Waals surface area (Å²) in [5.41, 5.74) is -0.144. The molecule has 3 nitrogen and oxygen atoms in total. The minimum absolute atomic E-state index is 0.0284. The summed E-state index contributed by atoms with van der Waals surface area (Å²) in [6.07, 6.45) is -2.04. The lowest BCUT2D eigenvalue weighted by molar-refractivity contribution is -0.136. The van der Waals surface area contributed by atoms with Crippen LogP contribution >= 0.6 is 27.5 Å². The minimum Gasteiger partial charge on any atom is -0.481 e. The van der Waals surface area contributed by atoms with Crippen molar-refractivity contribution in [2.24, 2.45) is 0 Å². The molecule has 1 aromatic heterocycles. The van der Waals surface area contributed by atoms with Crippen molar-refractivity contribution in [2.75, 3.05) is 0 Å². The van der Waals surface area contributed by atoms with E-state index in [2.05, 4.69) is 20.9 Å². The lowest BCUT2D eigenvalue weighted by Gasteiger charge is -2.11. The highest BCUT2D eigenvalue weighted by Gasteiger charge is 2.21. The molecule has 1 rings (SSSR count). The second kappa shape index (κ2) is 5.54. The molecule has 16 heavy (non-hydrogen) atoms. The van der Waals surface area contributed by atoms with Crippen LogP contribution in [-0.4, -0.2) is 16.1 Å². The van der Waals surface area contributed by atoms with Crippen LogP contribution in [-0.2, 0) is 17.1 Å². The summed E-state index contributed by atoms with van der Waals surface area (Å²) in [7, 11) is 0. The van der Waals surface area contributed by atoms with Gasteiger partial charge >= 0.3 is 5.97 Å². The quantitative estimate of drug-likeness (QED) is 0.869. The number of pyridine rings is 1. The van der Waals surface area contributed by atoms with Gasteiger partial charge in [-0.05, 0) is 21.5 Å². The summed E-state index contributed by atoms with van der Waals surface area (Å²) in [6, 6.07) is 0. The number of carbonyl (C=O) groups is 1. The van der Waals surface area contributed by atoms with E-state index < -0.39 is 24.4 Å². The van der Waals surface area contributed by atoms with E-state index in [1.807, 2.05) is 0 Å². The van der Waals surface area contributed by atoms with Crippen LogP contribution in [0.1, 0.15) is 23.2 Å². The molecule has 0 radical (unpaired) electrons. The van der Waals surface area contributed by atoms with Gasteiger partial charge in [0, 0.05) is 10.7 Å². The molecular weight excluding hydrogens is 307 g/mol. The Kier molecular flexibility index (Phi) is 4.61. The van der Waals surface area contributed by atoms with Crippen molar-refractivity contribution in [2.45, 2.75) is 18.7 Å². The fraction of sp³-hybridized carbons (Fsp3) is 0.333. The zero-order chi connectivity index (χ0) is 12.3. The number of aliphatic carboxylic acids is 1. The predicted molar refractivity (Wildman–Crippen MR) is 57.8 cm³/mol. The average Bonchev–Trinajstić information content (AvgIpc) is 2.16. The van der Waals surface area contributed by atoms with Crippen molar-refractivity contribution in [3.05, 3.63) is 27.5 Å². The zero-order valence-electron chi connectivity index (χ0n) is 7.88. The number of halogens is 4. The summed E-state index contributed by atoms with van der Waals surface area (Å²) in [5, 5.41) is 8.56. The number of alkyl halides is 3. The molecule has 0 saturated heterocycles. The SMILES string of the molecule is O=C(O)Cc1ncc(CCl)c(Br)c1C(F)F. The molecule has 0 atom stereocenters. The molecule has 0 saturated carbocycles. The molecule has 0 aromatic carbocycles. The van der Waals surface area contributed by atoms with Gasteiger partial charge in [-0.15, -0.1) is 11.6 Å². The van der Waals surface area contributed by atoms with Crippen LogP contribution in [0, 0.1) is 0 Å². The summed E-state index contributed by atoms with van der Waals surface area (Å²) >= 11 is 8.52. The van der Waals surface area contributed by atoms with Crippen LogP contribution in [0.2, 0.25) is 0 Å². The molecule has 0 fully saturated rings. The maximum atomic E-state index is 12.7. The second-order valence-corrected chi connectivity index (χ2v) is 4.02. The molecule has 1 heterocycles. The Labute approximate surface area is 104 Å². The topological polar surface area (TPSA) is 50.2 Å². The van der Waals surface area contributed by atoms with E-state index in [4.69, 9.17) is 16.7 Å². The number of carboxylic acids is 1. The van der Waals surface area contributed by atoms with Crippen LogP contribution in [0.15, 0.2) is 10.7 Å². The van der Waals surface area contributed by atoms with Crippen molar-refractivity contribution in [3.8, 4) is 0 Å². The van der Waals surface area contributed by atoms with Gasteiger partial charge in [-0.3, -0.25) is 9.78 Å². The van der Waals surface area contributed by atoms with Gasteiger partial charge < -0.3 is 5.11 Å². The number of nitrogens with zero attached hydrogens (tertiary/aromatic N) is 1. The highest BCUT2D eigenvalue weighted by Crippen LogP contribution is 2.33. The van der Waals surface area contributed by atoms with E-state index in [-0.39, 0.29) is 16.0 Å². The molecule has 0 unspecified atom stereocenters. The molecular formula is C9H7BrClF2NO2. The van der Waals surface area contributed by atoms with E-state index in [9.17, 15) is 13.6 Å². The van der Waals surface area contributed by atoms with E-state index >= 15 is 0 Å². The molecule has 0 aliphatic carbocycles. The van der Waals surface area contributed by atoms with Gasteiger partial charge in [0.2, 0.25) is 0 Å². The Balaban J connectivity index is 3.28. The number of rotatable bonds is 4. The molecule has 0 bridgehead atoms. The van der Waals surface area contributed by atoms with Gasteiger partial charge in [-0.2, -0.15) is 0 Å². The van der Waals surface area contributed by atoms with Gasteiger partial charge in [0.1, 0.15) is 0 Å². The summed E-state index contributed by atoms with van der Waals surface area (Å²) in [5.74, 6) is -1.18. The summed E-state index contributed by atoms with van der Waals surface area (Å²) in [4.78, 5) is 14.2. The molecule has 88 valence electrons. The third kappa shape index (κ3) is 2.89. The zero-order valence-corrected chi connectivity index (χ0v) is 10.2. The fourth-order valence-corrected chi connectivity index (χ4v) is 2.19. The monoisotopic (exact) mass is 313 g/mol. The van der Waals surface area contributed by atoms with E-state index in [1.165, 1.54) is 6.20 Å². The van der Waals surface area contributed by atoms with Crippen LogP contribution in [0.5, 0.6) is 0 Å². The Hall–Kier alpha value is -0.750. The van der Waals surface area contributed by atoms with E-state index in [1.54, 1.807) is 0 Å². The Morgan fingerprint density at radius 2 is 2.25 bits per heavy atom. The number of aromatic nitrogens is 1. The second-order valence-electron chi connectivity index (χ2n) is 2.96. The standard InChI is InChI=1S/C9H7BrClF2NO2/c10-8-4(2-11)3-14-5(1-6(15)16)7(8)9(12)13/h3,9H,1-2H2,(H,15,16). The highest BCUT2D eigenvalue weighted by atomic mass is 79.9. The molecule has 0 aliphatic heterocycles. The van der Waals surface area contributed by atoms with Gasteiger partial charge in [-0.1, -0.05) is 0 Å². The van der Waals surface area contributed by atoms with E-state index in [0.717, 1.165) is 0 Å². The summed E-state index contributed by atoms with van der Waals surface area (Å²) in [6.45, 7) is 0. The van der Waals surface area contributed by atoms with Gasteiger partial charge in [0.25, 0.3) is 6.43 Å². The average molecular weight is 315 g/mol. The van der Waals surface area contributed by atoms with Gasteiger partial charge in [-0.25, -0.2) is 8.78 Å². The first-order valence-corrected chi connectivity index (χ1v) is 5.52. The van der Waals surface area contributed by atoms with Gasteiger partial charge in [0.05, 0.1) is 23.6 Å². The lowest BCUT2D eigenvalue weighted by Crippen LogP contribution is -2.08. The van der Waals surface area contributed by atoms with E-state index in [0.29, 0.717) is 5.56 Å². The number of carboxylic acid groups (broad SMARTS) is 1. The van der Waals surface area contributed by atoms with Crippen LogP contribution < -0.4 is 0 Å². The third-order valence-corrected chi connectivity index (χ3v) is 3.11. The molecule has 0 spiro atoms. The highest BCUT2D eigenvalue weighted by molar-refractivity contribution is 9.10. The molecule has 0 amide bonds. The van der Waals surface area contributed by atoms with Crippen molar-refractivity contribution in [3.63, 3.8) is 0 Å². The molecule has 1 aromatic rings. The first kappa shape index (κ1) is 13.3. The van der Waals surface area contributed by atoms with Crippen LogP contribution in [0.3, 0.4) is 0 Å². The van der Waals surface area contributed by atoms with Crippen LogP contribution in [0.4, 0.5) is 8.78 Å². The first-order valence-electron chi connectivity index (χ1n) is 4.19. The Bertz CT molecular complexity index is 415. The summed E-state index contributed by atoms with van der Waals surface area (Å²) < 4.78 is 25.6. The fourth-order valence-electron chi connectivity index (χ4n) is 1.18. The largest absolute Gasteiger partial charge is 0.481 e. The molecule has 0 aliphatic rings. The smallest absolute Gasteiger partial charge is 0.309 e. The molecule has 7 heteroatoms. The maximum absolute atomic E-state index is 12.7. The van der Waals surface area contributed by atoms with Crippen molar-refractivity contribution >= 4 is 33.5 Å². The first-order chi connectivity index (χ1) is 7.47. The van der Waals surface area contributed by atoms with Crippen molar-refractivity contribution in [1.82, 2.24) is 4.98 Å². The predicted octanol–water partition coefficient (Wildman–Crippen LogP) is 3.15. The Morgan fingerprint density at radius 1 is 1.62 bits per heavy atom. The van der Waals surface area contributed by atoms with Gasteiger partial charge in [0.15, 0.2) is 0 Å². The number of hydrogen-bond donors (Lipinski definition) is 1. The normalized spacial score (nSPS) is 10.8. The lowest BCUT2D eigenvalue weighted by atomic mass is 10.1. The maximum Gasteiger partial charge on any atom is 0.309 e. The van der Waals surface area contributed by atoms with Crippen molar-refractivity contribution in [1.29, 1.82) is 0 Å². The third-order valence-electron chi connectivity index (χ3n) is 1.89. The van der Waals surface area contributed by atoms with Crippen molar-refractivity contribution < 1.29 is 18.7 Å². The molecule has 1 N–H and O–H groups in total. The number of hydrogen-bond acceptors (Lipinski definition) is 2. The Morgan fingerprint density at radius 3 is 2.69 bits per heavy atom. The van der Waals surface area contributed by atoms with Crippen LogP contribution in [0.25, 0.3) is 0 Å².